The number of thioether (sulfide) groups is 1. The minimum atomic E-state index is -0.0661. The van der Waals surface area contributed by atoms with Gasteiger partial charge in [-0.1, -0.05) is 12.1 Å². The van der Waals surface area contributed by atoms with Crippen LogP contribution in [-0.2, 0) is 9.59 Å². The first kappa shape index (κ1) is 17.9. The molecular weight excluding hydrogens is 360 g/mol. The third-order valence-electron chi connectivity index (χ3n) is 4.71. The van der Waals surface area contributed by atoms with E-state index in [0.717, 1.165) is 35.5 Å². The van der Waals surface area contributed by atoms with Crippen molar-refractivity contribution in [2.24, 2.45) is 5.92 Å². The second kappa shape index (κ2) is 7.64. The van der Waals surface area contributed by atoms with Gasteiger partial charge in [-0.25, -0.2) is 0 Å². The van der Waals surface area contributed by atoms with Gasteiger partial charge in [-0.2, -0.15) is 0 Å². The van der Waals surface area contributed by atoms with Gasteiger partial charge >= 0.3 is 0 Å². The summed E-state index contributed by atoms with van der Waals surface area (Å²) in [5.74, 6) is 1.64. The molecule has 0 spiro atoms. The van der Waals surface area contributed by atoms with Crippen LogP contribution < -0.4 is 15.0 Å². The summed E-state index contributed by atoms with van der Waals surface area (Å²) in [5, 5.41) is 2.89. The molecule has 4 rings (SSSR count). The first-order chi connectivity index (χ1) is 13.2. The van der Waals surface area contributed by atoms with E-state index in [0.29, 0.717) is 12.4 Å². The van der Waals surface area contributed by atoms with Gasteiger partial charge in [0.15, 0.2) is 0 Å². The van der Waals surface area contributed by atoms with Crippen molar-refractivity contribution < 1.29 is 14.3 Å². The zero-order chi connectivity index (χ0) is 18.8. The van der Waals surface area contributed by atoms with Crippen LogP contribution in [0.25, 0.3) is 0 Å². The lowest BCUT2D eigenvalue weighted by Crippen LogP contribution is -2.27. The third kappa shape index (κ3) is 3.95. The van der Waals surface area contributed by atoms with Crippen molar-refractivity contribution in [2.75, 3.05) is 22.6 Å². The Morgan fingerprint density at radius 3 is 2.48 bits per heavy atom. The number of rotatable bonds is 6. The van der Waals surface area contributed by atoms with Gasteiger partial charge in [-0.05, 0) is 61.7 Å². The van der Waals surface area contributed by atoms with E-state index in [-0.39, 0.29) is 23.1 Å². The molecular formula is C21H22N2O3S. The zero-order valence-electron chi connectivity index (χ0n) is 15.2. The third-order valence-corrected chi connectivity index (χ3v) is 5.92. The summed E-state index contributed by atoms with van der Waals surface area (Å²) in [6, 6.07) is 15.4. The molecule has 140 valence electrons. The normalized spacial score (nSPS) is 19.2. The van der Waals surface area contributed by atoms with E-state index in [1.165, 1.54) is 0 Å². The SMILES string of the molecule is CCOc1ccc(N2C(=O)CS[C@H]2c2ccc(NC(=O)C3CC3)cc2)cc1. The van der Waals surface area contributed by atoms with Gasteiger partial charge in [-0.15, -0.1) is 11.8 Å². The lowest BCUT2D eigenvalue weighted by molar-refractivity contribution is -0.117. The summed E-state index contributed by atoms with van der Waals surface area (Å²) in [6.07, 6.45) is 1.98. The van der Waals surface area contributed by atoms with E-state index in [1.54, 1.807) is 11.8 Å². The number of carbonyl (C=O) groups is 2. The van der Waals surface area contributed by atoms with Crippen molar-refractivity contribution in [3.8, 4) is 5.75 Å². The average Bonchev–Trinajstić information content (AvgIpc) is 3.46. The maximum absolute atomic E-state index is 12.5. The number of hydrogen-bond acceptors (Lipinski definition) is 4. The smallest absolute Gasteiger partial charge is 0.238 e. The second-order valence-corrected chi connectivity index (χ2v) is 7.81. The molecule has 2 aliphatic rings. The van der Waals surface area contributed by atoms with Crippen LogP contribution in [-0.4, -0.2) is 24.2 Å². The predicted octanol–water partition coefficient (Wildman–Crippen LogP) is 4.21. The van der Waals surface area contributed by atoms with Gasteiger partial charge in [0.2, 0.25) is 11.8 Å². The van der Waals surface area contributed by atoms with E-state index in [1.807, 2.05) is 60.4 Å². The highest BCUT2D eigenvalue weighted by molar-refractivity contribution is 8.00. The summed E-state index contributed by atoms with van der Waals surface area (Å²) < 4.78 is 5.48. The summed E-state index contributed by atoms with van der Waals surface area (Å²) >= 11 is 1.61. The standard InChI is InChI=1S/C21H22N2O3S/c1-2-26-18-11-9-17(10-12-18)23-19(24)13-27-21(23)15-5-7-16(8-6-15)22-20(25)14-3-4-14/h5-12,14,21H,2-4,13H2,1H3,(H,22,25)/t21-/m0/s1. The highest BCUT2D eigenvalue weighted by Crippen LogP contribution is 2.42. The van der Waals surface area contributed by atoms with Crippen LogP contribution in [0.2, 0.25) is 0 Å². The fourth-order valence-electron chi connectivity index (χ4n) is 3.14. The maximum Gasteiger partial charge on any atom is 0.238 e. The lowest BCUT2D eigenvalue weighted by atomic mass is 10.1. The van der Waals surface area contributed by atoms with Crippen molar-refractivity contribution in [1.29, 1.82) is 0 Å². The van der Waals surface area contributed by atoms with Crippen LogP contribution >= 0.6 is 11.8 Å². The number of hydrogen-bond donors (Lipinski definition) is 1. The molecule has 1 saturated heterocycles. The Morgan fingerprint density at radius 1 is 1.15 bits per heavy atom. The zero-order valence-corrected chi connectivity index (χ0v) is 16.0. The Morgan fingerprint density at radius 2 is 1.85 bits per heavy atom. The molecule has 0 radical (unpaired) electrons. The van der Waals surface area contributed by atoms with Gasteiger partial charge in [0, 0.05) is 17.3 Å². The van der Waals surface area contributed by atoms with E-state index in [4.69, 9.17) is 4.74 Å². The summed E-state index contributed by atoms with van der Waals surface area (Å²) in [5.41, 5.74) is 2.71. The number of nitrogens with zero attached hydrogens (tertiary/aromatic N) is 1. The molecule has 0 bridgehead atoms. The summed E-state index contributed by atoms with van der Waals surface area (Å²) in [6.45, 7) is 2.56. The Bertz CT molecular complexity index is 832. The molecule has 2 fully saturated rings. The van der Waals surface area contributed by atoms with E-state index >= 15 is 0 Å². The average molecular weight is 382 g/mol. The Labute approximate surface area is 163 Å². The molecule has 1 heterocycles. The molecule has 5 nitrogen and oxygen atoms in total. The Kier molecular flexibility index (Phi) is 5.07. The van der Waals surface area contributed by atoms with Crippen LogP contribution in [0.1, 0.15) is 30.7 Å². The van der Waals surface area contributed by atoms with E-state index in [2.05, 4.69) is 5.32 Å². The van der Waals surface area contributed by atoms with Gasteiger partial charge < -0.3 is 10.1 Å². The van der Waals surface area contributed by atoms with E-state index in [9.17, 15) is 9.59 Å². The number of anilines is 2. The molecule has 2 aromatic carbocycles. The van der Waals surface area contributed by atoms with E-state index < -0.39 is 0 Å². The minimum absolute atomic E-state index is 0.0661. The molecule has 1 N–H and O–H groups in total. The summed E-state index contributed by atoms with van der Waals surface area (Å²) in [7, 11) is 0. The minimum Gasteiger partial charge on any atom is -0.494 e. The molecule has 1 saturated carbocycles. The molecule has 6 heteroatoms. The molecule has 1 aliphatic heterocycles. The highest BCUT2D eigenvalue weighted by atomic mass is 32.2. The fourth-order valence-corrected chi connectivity index (χ4v) is 4.32. The van der Waals surface area contributed by atoms with Crippen LogP contribution in [0.15, 0.2) is 48.5 Å². The monoisotopic (exact) mass is 382 g/mol. The number of amides is 2. The fraction of sp³-hybridized carbons (Fsp3) is 0.333. The Hall–Kier alpha value is -2.47. The van der Waals surface area contributed by atoms with Gasteiger partial charge in [0.1, 0.15) is 11.1 Å². The van der Waals surface area contributed by atoms with Crippen molar-refractivity contribution >= 4 is 35.0 Å². The Balaban J connectivity index is 1.51. The van der Waals surface area contributed by atoms with Crippen LogP contribution in [0.4, 0.5) is 11.4 Å². The lowest BCUT2D eigenvalue weighted by Gasteiger charge is -2.24. The summed E-state index contributed by atoms with van der Waals surface area (Å²) in [4.78, 5) is 26.2. The topological polar surface area (TPSA) is 58.6 Å². The van der Waals surface area contributed by atoms with Crippen LogP contribution in [0, 0.1) is 5.92 Å². The first-order valence-electron chi connectivity index (χ1n) is 9.23. The maximum atomic E-state index is 12.5. The predicted molar refractivity (Wildman–Crippen MR) is 108 cm³/mol. The number of benzene rings is 2. The van der Waals surface area contributed by atoms with Crippen LogP contribution in [0.5, 0.6) is 5.75 Å². The van der Waals surface area contributed by atoms with Gasteiger partial charge in [0.05, 0.1) is 12.4 Å². The largest absolute Gasteiger partial charge is 0.494 e. The van der Waals surface area contributed by atoms with Crippen molar-refractivity contribution in [1.82, 2.24) is 0 Å². The first-order valence-corrected chi connectivity index (χ1v) is 10.3. The molecule has 0 unspecified atom stereocenters. The molecule has 1 atom stereocenters. The highest BCUT2D eigenvalue weighted by Gasteiger charge is 2.34. The quantitative estimate of drug-likeness (QED) is 0.813. The molecule has 2 aromatic rings. The number of carbonyl (C=O) groups excluding carboxylic acids is 2. The van der Waals surface area contributed by atoms with Crippen molar-refractivity contribution in [2.45, 2.75) is 25.1 Å². The number of ether oxygens (including phenoxy) is 1. The van der Waals surface area contributed by atoms with Crippen LogP contribution in [0.3, 0.4) is 0 Å². The van der Waals surface area contributed by atoms with Gasteiger partial charge in [-0.3, -0.25) is 14.5 Å². The molecule has 27 heavy (non-hydrogen) atoms. The molecule has 2 amide bonds. The molecule has 1 aliphatic carbocycles. The number of nitrogens with one attached hydrogen (secondary N) is 1. The van der Waals surface area contributed by atoms with Crippen molar-refractivity contribution in [3.63, 3.8) is 0 Å². The second-order valence-electron chi connectivity index (χ2n) is 6.74. The van der Waals surface area contributed by atoms with Crippen molar-refractivity contribution in [3.05, 3.63) is 54.1 Å². The molecule has 0 aromatic heterocycles. The van der Waals surface area contributed by atoms with Gasteiger partial charge in [0.25, 0.3) is 0 Å².